The van der Waals surface area contributed by atoms with Gasteiger partial charge in [0.1, 0.15) is 28.6 Å². The van der Waals surface area contributed by atoms with Gasteiger partial charge in [0.15, 0.2) is 5.82 Å². The topological polar surface area (TPSA) is 111 Å². The number of carbonyl (C=O) groups is 1. The number of fused-ring (bicyclic) bond motifs is 1. The van der Waals surface area contributed by atoms with Crippen molar-refractivity contribution in [3.05, 3.63) is 59.9 Å². The maximum absolute atomic E-state index is 14.6. The summed E-state index contributed by atoms with van der Waals surface area (Å²) in [5.41, 5.74) is 9.53. The molecule has 0 bridgehead atoms. The number of nitrogens with two attached hydrogens (primary N) is 1. The van der Waals surface area contributed by atoms with Crippen LogP contribution in [0.3, 0.4) is 0 Å². The maximum Gasteiger partial charge on any atom is 0.274 e. The summed E-state index contributed by atoms with van der Waals surface area (Å²) in [7, 11) is 3.41. The first-order valence-corrected chi connectivity index (χ1v) is 11.8. The van der Waals surface area contributed by atoms with Crippen molar-refractivity contribution in [3.63, 3.8) is 0 Å². The van der Waals surface area contributed by atoms with Crippen molar-refractivity contribution in [3.8, 4) is 17.1 Å². The lowest BCUT2D eigenvalue weighted by Crippen LogP contribution is -2.36. The number of anilines is 2. The Kier molecular flexibility index (Phi) is 6.27. The van der Waals surface area contributed by atoms with Crippen LogP contribution in [-0.2, 0) is 7.05 Å². The van der Waals surface area contributed by atoms with Gasteiger partial charge in [0.25, 0.3) is 5.91 Å². The fourth-order valence-corrected chi connectivity index (χ4v) is 4.81. The number of hydrogen-bond donors (Lipinski definition) is 2. The van der Waals surface area contributed by atoms with Crippen LogP contribution in [0.15, 0.2) is 42.6 Å². The predicted molar refractivity (Wildman–Crippen MR) is 137 cm³/mol. The summed E-state index contributed by atoms with van der Waals surface area (Å²) in [5, 5.41) is 3.01. The molecule has 36 heavy (non-hydrogen) atoms. The summed E-state index contributed by atoms with van der Waals surface area (Å²) in [6, 6.07) is 9.93. The summed E-state index contributed by atoms with van der Waals surface area (Å²) < 4.78 is 21.9. The van der Waals surface area contributed by atoms with Crippen molar-refractivity contribution in [1.82, 2.24) is 19.5 Å². The van der Waals surface area contributed by atoms with Crippen LogP contribution in [0.1, 0.15) is 29.2 Å². The maximum atomic E-state index is 14.6. The highest BCUT2D eigenvalue weighted by Crippen LogP contribution is 2.38. The zero-order chi connectivity index (χ0) is 25.4. The third-order valence-electron chi connectivity index (χ3n) is 6.74. The van der Waals surface area contributed by atoms with Crippen LogP contribution in [0.5, 0.6) is 5.75 Å². The molecule has 3 heterocycles. The molecule has 3 N–H and O–H groups in total. The van der Waals surface area contributed by atoms with Gasteiger partial charge in [-0.15, -0.1) is 0 Å². The molecule has 1 aliphatic rings. The highest BCUT2D eigenvalue weighted by atomic mass is 19.1. The fraction of sp³-hybridized carbons (Fsp3) is 0.308. The molecule has 9 nitrogen and oxygen atoms in total. The third-order valence-corrected chi connectivity index (χ3v) is 6.74. The van der Waals surface area contributed by atoms with E-state index in [0.717, 1.165) is 41.9 Å². The Morgan fingerprint density at radius 3 is 2.86 bits per heavy atom. The molecule has 4 aromatic rings. The van der Waals surface area contributed by atoms with Gasteiger partial charge in [0, 0.05) is 32.4 Å². The zero-order valence-electron chi connectivity index (χ0n) is 20.5. The molecule has 186 valence electrons. The van der Waals surface area contributed by atoms with Gasteiger partial charge in [-0.1, -0.05) is 6.07 Å². The molecule has 10 heteroatoms. The first-order chi connectivity index (χ1) is 17.4. The molecule has 0 spiro atoms. The van der Waals surface area contributed by atoms with Crippen molar-refractivity contribution >= 4 is 28.3 Å². The molecule has 1 atom stereocenters. The number of amides is 1. The number of methoxy groups -OCH3 is 1. The zero-order valence-corrected chi connectivity index (χ0v) is 20.5. The minimum absolute atomic E-state index is 0.0661. The average Bonchev–Trinajstić information content (AvgIpc) is 3.47. The summed E-state index contributed by atoms with van der Waals surface area (Å²) in [5.74, 6) is 0.249. The molecule has 1 saturated heterocycles. The molecule has 2 aromatic heterocycles. The molecular weight excluding hydrogens is 461 g/mol. The quantitative estimate of drug-likeness (QED) is 0.425. The average molecular weight is 490 g/mol. The van der Waals surface area contributed by atoms with Crippen LogP contribution < -0.4 is 20.7 Å². The summed E-state index contributed by atoms with van der Waals surface area (Å²) in [4.78, 5) is 28.9. The number of aromatic nitrogens is 4. The second-order valence-corrected chi connectivity index (χ2v) is 8.81. The number of nitrogens with one attached hydrogen (secondary N) is 1. The Morgan fingerprint density at radius 2 is 2.08 bits per heavy atom. The summed E-state index contributed by atoms with van der Waals surface area (Å²) in [6.07, 6.45) is 3.42. The number of benzene rings is 2. The van der Waals surface area contributed by atoms with E-state index in [1.807, 2.05) is 30.7 Å². The van der Waals surface area contributed by atoms with Crippen LogP contribution in [0, 0.1) is 12.7 Å². The Labute approximate surface area is 208 Å². The molecular formula is C26H28FN7O2. The number of halogens is 1. The largest absolute Gasteiger partial charge is 0.496 e. The first kappa shape index (κ1) is 23.7. The third kappa shape index (κ3) is 4.03. The van der Waals surface area contributed by atoms with E-state index in [2.05, 4.69) is 20.2 Å². The number of nitrogens with zero attached hydrogens (tertiary/aromatic N) is 5. The van der Waals surface area contributed by atoms with Crippen molar-refractivity contribution in [1.29, 1.82) is 0 Å². The number of hydrogen-bond acceptors (Lipinski definition) is 7. The van der Waals surface area contributed by atoms with Gasteiger partial charge in [0.2, 0.25) is 0 Å². The molecule has 2 aromatic carbocycles. The Bertz CT molecular complexity index is 1450. The van der Waals surface area contributed by atoms with Gasteiger partial charge in [0.05, 0.1) is 29.6 Å². The van der Waals surface area contributed by atoms with E-state index in [4.69, 9.17) is 15.5 Å². The monoisotopic (exact) mass is 489 g/mol. The molecule has 1 amide bonds. The van der Waals surface area contributed by atoms with Crippen molar-refractivity contribution in [2.24, 2.45) is 12.8 Å². The van der Waals surface area contributed by atoms with Crippen molar-refractivity contribution < 1.29 is 13.9 Å². The van der Waals surface area contributed by atoms with Crippen LogP contribution in [0.2, 0.25) is 0 Å². The van der Waals surface area contributed by atoms with Gasteiger partial charge in [-0.3, -0.25) is 4.79 Å². The van der Waals surface area contributed by atoms with Gasteiger partial charge in [-0.05, 0) is 50.1 Å². The molecule has 0 aliphatic carbocycles. The van der Waals surface area contributed by atoms with E-state index >= 15 is 0 Å². The van der Waals surface area contributed by atoms with Gasteiger partial charge < -0.3 is 25.3 Å². The molecule has 0 unspecified atom stereocenters. The van der Waals surface area contributed by atoms with Crippen LogP contribution in [0.4, 0.5) is 15.8 Å². The Hall–Kier alpha value is -4.05. The van der Waals surface area contributed by atoms with Crippen molar-refractivity contribution in [2.75, 3.05) is 30.4 Å². The van der Waals surface area contributed by atoms with Gasteiger partial charge >= 0.3 is 0 Å². The standard InChI is InChI=1S/C26H28FN7O2/c1-15-30-23-20(33(15)2)10-9-18(24(23)34-13-5-6-16(34)14-28)32-26(35)19-11-12-29-25(31-19)22-17(27)7-4-8-21(22)36-3/h4,7-12,16H,5-6,13-14,28H2,1-3H3,(H,32,35)/t16-/m0/s1. The van der Waals surface area contributed by atoms with E-state index in [9.17, 15) is 9.18 Å². The summed E-state index contributed by atoms with van der Waals surface area (Å²) >= 11 is 0. The van der Waals surface area contributed by atoms with Crippen LogP contribution in [-0.4, -0.2) is 51.7 Å². The molecule has 0 saturated carbocycles. The second kappa shape index (κ2) is 9.54. The lowest BCUT2D eigenvalue weighted by Gasteiger charge is -2.28. The normalized spacial score (nSPS) is 15.5. The van der Waals surface area contributed by atoms with E-state index < -0.39 is 11.7 Å². The highest BCUT2D eigenvalue weighted by molar-refractivity contribution is 6.08. The molecule has 1 fully saturated rings. The van der Waals surface area contributed by atoms with Crippen LogP contribution >= 0.6 is 0 Å². The van der Waals surface area contributed by atoms with E-state index in [0.29, 0.717) is 12.2 Å². The van der Waals surface area contributed by atoms with Gasteiger partial charge in [-0.2, -0.15) is 0 Å². The smallest absolute Gasteiger partial charge is 0.274 e. The Morgan fingerprint density at radius 1 is 1.25 bits per heavy atom. The number of imidazole rings is 1. The lowest BCUT2D eigenvalue weighted by atomic mass is 10.1. The number of ether oxygens (including phenoxy) is 1. The van der Waals surface area contributed by atoms with E-state index in [-0.39, 0.29) is 28.9 Å². The second-order valence-electron chi connectivity index (χ2n) is 8.81. The van der Waals surface area contributed by atoms with E-state index in [1.165, 1.54) is 31.5 Å². The number of rotatable bonds is 6. The van der Waals surface area contributed by atoms with E-state index in [1.54, 1.807) is 6.07 Å². The van der Waals surface area contributed by atoms with Gasteiger partial charge in [-0.25, -0.2) is 19.3 Å². The summed E-state index contributed by atoms with van der Waals surface area (Å²) in [6.45, 7) is 3.28. The fourth-order valence-electron chi connectivity index (χ4n) is 4.81. The predicted octanol–water partition coefficient (Wildman–Crippen LogP) is 3.67. The number of aryl methyl sites for hydroxylation is 2. The van der Waals surface area contributed by atoms with Crippen molar-refractivity contribution in [2.45, 2.75) is 25.8 Å². The highest BCUT2D eigenvalue weighted by Gasteiger charge is 2.29. The molecule has 1 aliphatic heterocycles. The number of carbonyl (C=O) groups excluding carboxylic acids is 1. The molecule has 5 rings (SSSR count). The van der Waals surface area contributed by atoms with Crippen LogP contribution in [0.25, 0.3) is 22.4 Å². The first-order valence-electron chi connectivity index (χ1n) is 11.8. The minimum Gasteiger partial charge on any atom is -0.496 e. The lowest BCUT2D eigenvalue weighted by molar-refractivity contribution is 0.102. The minimum atomic E-state index is -0.535. The molecule has 0 radical (unpaired) electrons. The Balaban J connectivity index is 1.55. The SMILES string of the molecule is COc1cccc(F)c1-c1nccc(C(=O)Nc2ccc3c(nc(C)n3C)c2N2CCC[C@H]2CN)n1.